The largest absolute Gasteiger partial charge is 0.489 e. The van der Waals surface area contributed by atoms with E-state index in [9.17, 15) is 4.79 Å². The predicted octanol–water partition coefficient (Wildman–Crippen LogP) is 3.15. The van der Waals surface area contributed by atoms with Crippen molar-refractivity contribution in [2.75, 3.05) is 19.5 Å². The molecule has 0 aliphatic carbocycles. The molecule has 1 rings (SSSR count). The zero-order valence-corrected chi connectivity index (χ0v) is 11.9. The maximum Gasteiger partial charge on any atom is 0.314 e. The summed E-state index contributed by atoms with van der Waals surface area (Å²) in [5, 5.41) is 0.612. The number of halogens is 2. The maximum absolute atomic E-state index is 11.5. The summed E-state index contributed by atoms with van der Waals surface area (Å²) >= 11 is 11.9. The van der Waals surface area contributed by atoms with Crippen LogP contribution >= 0.6 is 23.2 Å². The molecule has 0 saturated carbocycles. The minimum absolute atomic E-state index is 0.100. The first-order chi connectivity index (χ1) is 8.27. The van der Waals surface area contributed by atoms with E-state index in [0.717, 1.165) is 0 Å². The van der Waals surface area contributed by atoms with E-state index in [0.29, 0.717) is 21.5 Å². The van der Waals surface area contributed by atoms with Crippen molar-refractivity contribution >= 4 is 34.9 Å². The monoisotopic (exact) mass is 291 g/mol. The van der Waals surface area contributed by atoms with Crippen LogP contribution in [0.5, 0.6) is 5.75 Å². The van der Waals surface area contributed by atoms with Gasteiger partial charge in [0.05, 0.1) is 22.6 Å². The van der Waals surface area contributed by atoms with E-state index in [1.165, 1.54) is 19.2 Å². The van der Waals surface area contributed by atoms with Gasteiger partial charge in [0.2, 0.25) is 0 Å². The Morgan fingerprint density at radius 2 is 1.83 bits per heavy atom. The molecule has 1 aromatic rings. The lowest BCUT2D eigenvalue weighted by Gasteiger charge is -2.22. The number of rotatable bonds is 4. The third-order valence-corrected chi connectivity index (χ3v) is 2.90. The van der Waals surface area contributed by atoms with Crippen molar-refractivity contribution in [3.8, 4) is 5.75 Å². The molecule has 0 bridgehead atoms. The fourth-order valence-corrected chi connectivity index (χ4v) is 1.92. The molecule has 0 unspecified atom stereocenters. The molecule has 0 aromatic heterocycles. The van der Waals surface area contributed by atoms with Crippen LogP contribution in [0.4, 0.5) is 5.69 Å². The fraction of sp³-hybridized carbons (Fsp3) is 0.417. The highest BCUT2D eigenvalue weighted by molar-refractivity contribution is 6.37. The molecule has 0 spiro atoms. The molecule has 0 aliphatic rings. The van der Waals surface area contributed by atoms with Crippen molar-refractivity contribution in [2.45, 2.75) is 13.8 Å². The van der Waals surface area contributed by atoms with E-state index in [2.05, 4.69) is 4.74 Å². The minimum atomic E-state index is -0.789. The number of esters is 1. The van der Waals surface area contributed by atoms with Gasteiger partial charge in [-0.15, -0.1) is 0 Å². The summed E-state index contributed by atoms with van der Waals surface area (Å²) in [6.07, 6.45) is 0. The van der Waals surface area contributed by atoms with Crippen LogP contribution in [0.15, 0.2) is 12.1 Å². The molecule has 0 heterocycles. The first-order valence-corrected chi connectivity index (χ1v) is 5.99. The number of hydrogen-bond donors (Lipinski definition) is 1. The average molecular weight is 292 g/mol. The summed E-state index contributed by atoms with van der Waals surface area (Å²) in [7, 11) is 1.33. The molecule has 1 aromatic carbocycles. The van der Waals surface area contributed by atoms with Crippen LogP contribution in [0.2, 0.25) is 10.0 Å². The van der Waals surface area contributed by atoms with Crippen molar-refractivity contribution in [3.63, 3.8) is 0 Å². The third kappa shape index (κ3) is 3.43. The van der Waals surface area contributed by atoms with Gasteiger partial charge in [-0.05, 0) is 26.0 Å². The molecule has 0 aliphatic heterocycles. The SMILES string of the molecule is COC(=O)C(C)(C)COc1c(Cl)cc(N)cc1Cl. The van der Waals surface area contributed by atoms with Crippen molar-refractivity contribution in [3.05, 3.63) is 22.2 Å². The van der Waals surface area contributed by atoms with Crippen molar-refractivity contribution in [1.29, 1.82) is 0 Å². The van der Waals surface area contributed by atoms with Crippen LogP contribution in [0, 0.1) is 5.41 Å². The Bertz CT molecular complexity index is 438. The molecule has 0 radical (unpaired) electrons. The topological polar surface area (TPSA) is 61.5 Å². The third-order valence-electron chi connectivity index (χ3n) is 2.34. The molecule has 2 N–H and O–H groups in total. The Balaban J connectivity index is 2.84. The number of hydrogen-bond acceptors (Lipinski definition) is 4. The highest BCUT2D eigenvalue weighted by Crippen LogP contribution is 2.36. The summed E-state index contributed by atoms with van der Waals surface area (Å²) < 4.78 is 10.2. The normalized spacial score (nSPS) is 11.2. The molecule has 0 atom stereocenters. The lowest BCUT2D eigenvalue weighted by molar-refractivity contribution is -0.152. The molecule has 4 nitrogen and oxygen atoms in total. The second-order valence-electron chi connectivity index (χ2n) is 4.48. The Morgan fingerprint density at radius 1 is 1.33 bits per heavy atom. The van der Waals surface area contributed by atoms with Gasteiger partial charge >= 0.3 is 5.97 Å². The molecular formula is C12H15Cl2NO3. The Morgan fingerprint density at radius 3 is 2.28 bits per heavy atom. The van der Waals surface area contributed by atoms with E-state index in [1.54, 1.807) is 13.8 Å². The zero-order chi connectivity index (χ0) is 13.9. The number of nitrogen functional groups attached to an aromatic ring is 1. The van der Waals surface area contributed by atoms with Crippen molar-refractivity contribution in [2.24, 2.45) is 5.41 Å². The summed E-state index contributed by atoms with van der Waals surface area (Å²) in [5.41, 5.74) is 5.24. The van der Waals surface area contributed by atoms with Gasteiger partial charge in [0.1, 0.15) is 6.61 Å². The molecule has 100 valence electrons. The number of nitrogens with two attached hydrogens (primary N) is 1. The highest BCUT2D eigenvalue weighted by atomic mass is 35.5. The number of carbonyl (C=O) groups is 1. The first-order valence-electron chi connectivity index (χ1n) is 5.23. The minimum Gasteiger partial charge on any atom is -0.489 e. The summed E-state index contributed by atoms with van der Waals surface area (Å²) in [6, 6.07) is 3.07. The zero-order valence-electron chi connectivity index (χ0n) is 10.4. The van der Waals surface area contributed by atoms with Gasteiger partial charge in [-0.25, -0.2) is 0 Å². The molecule has 0 saturated heterocycles. The van der Waals surface area contributed by atoms with Crippen LogP contribution < -0.4 is 10.5 Å². The summed E-state index contributed by atoms with van der Waals surface area (Å²) in [5.74, 6) is -0.0605. The predicted molar refractivity (Wildman–Crippen MR) is 72.2 cm³/mol. The maximum atomic E-state index is 11.5. The van der Waals surface area contributed by atoms with Crippen LogP contribution in [0.25, 0.3) is 0 Å². The first kappa shape index (κ1) is 14.9. The number of benzene rings is 1. The van der Waals surface area contributed by atoms with Gasteiger partial charge in [0.25, 0.3) is 0 Å². The molecule has 6 heteroatoms. The molecular weight excluding hydrogens is 277 g/mol. The highest BCUT2D eigenvalue weighted by Gasteiger charge is 2.30. The summed E-state index contributed by atoms with van der Waals surface area (Å²) in [6.45, 7) is 3.51. The average Bonchev–Trinajstić information content (AvgIpc) is 2.26. The van der Waals surface area contributed by atoms with Crippen molar-refractivity contribution < 1.29 is 14.3 Å². The second-order valence-corrected chi connectivity index (χ2v) is 5.29. The van der Waals surface area contributed by atoms with E-state index < -0.39 is 5.41 Å². The second kappa shape index (κ2) is 5.67. The number of ether oxygens (including phenoxy) is 2. The Kier molecular flexibility index (Phi) is 4.71. The smallest absolute Gasteiger partial charge is 0.314 e. The Labute approximate surface area is 116 Å². The lowest BCUT2D eigenvalue weighted by atomic mass is 9.95. The van der Waals surface area contributed by atoms with E-state index >= 15 is 0 Å². The van der Waals surface area contributed by atoms with Crippen LogP contribution in [0.1, 0.15) is 13.8 Å². The van der Waals surface area contributed by atoms with Crippen LogP contribution in [0.3, 0.4) is 0 Å². The van der Waals surface area contributed by atoms with Gasteiger partial charge in [-0.1, -0.05) is 23.2 Å². The summed E-state index contributed by atoms with van der Waals surface area (Å²) in [4.78, 5) is 11.5. The van der Waals surface area contributed by atoms with E-state index in [4.69, 9.17) is 33.7 Å². The van der Waals surface area contributed by atoms with Gasteiger partial charge < -0.3 is 15.2 Å². The number of methoxy groups -OCH3 is 1. The quantitative estimate of drug-likeness (QED) is 0.684. The van der Waals surface area contributed by atoms with Crippen molar-refractivity contribution in [1.82, 2.24) is 0 Å². The van der Waals surface area contributed by atoms with Gasteiger partial charge in [-0.3, -0.25) is 4.79 Å². The van der Waals surface area contributed by atoms with Crippen LogP contribution in [-0.2, 0) is 9.53 Å². The lowest BCUT2D eigenvalue weighted by Crippen LogP contribution is -2.32. The number of anilines is 1. The van der Waals surface area contributed by atoms with Gasteiger partial charge in [0.15, 0.2) is 5.75 Å². The molecule has 0 amide bonds. The fourth-order valence-electron chi connectivity index (χ4n) is 1.31. The van der Waals surface area contributed by atoms with E-state index in [-0.39, 0.29) is 12.6 Å². The standard InChI is InChI=1S/C12H15Cl2NO3/c1-12(2,11(16)17-3)6-18-10-8(13)4-7(15)5-9(10)14/h4-5H,6,15H2,1-3H3. The Hall–Kier alpha value is -1.13. The van der Waals surface area contributed by atoms with Gasteiger partial charge in [0, 0.05) is 5.69 Å². The van der Waals surface area contributed by atoms with E-state index in [1.807, 2.05) is 0 Å². The molecule has 18 heavy (non-hydrogen) atoms. The van der Waals surface area contributed by atoms with Gasteiger partial charge in [-0.2, -0.15) is 0 Å². The number of carbonyl (C=O) groups excluding carboxylic acids is 1. The molecule has 0 fully saturated rings. The van der Waals surface area contributed by atoms with Crippen LogP contribution in [-0.4, -0.2) is 19.7 Å².